The summed E-state index contributed by atoms with van der Waals surface area (Å²) in [4.78, 5) is 12.0. The Hall–Kier alpha value is -1.26. The van der Waals surface area contributed by atoms with Gasteiger partial charge in [-0.05, 0) is 37.4 Å². The first kappa shape index (κ1) is 16.8. The van der Waals surface area contributed by atoms with Crippen molar-refractivity contribution < 1.29 is 9.53 Å². The van der Waals surface area contributed by atoms with Crippen molar-refractivity contribution in [2.45, 2.75) is 19.3 Å². The van der Waals surface area contributed by atoms with E-state index >= 15 is 0 Å². The molecule has 1 saturated carbocycles. The van der Waals surface area contributed by atoms with Crippen LogP contribution in [0.2, 0.25) is 0 Å². The summed E-state index contributed by atoms with van der Waals surface area (Å²) < 4.78 is 5.53. The first-order chi connectivity index (χ1) is 9.31. The van der Waals surface area contributed by atoms with Gasteiger partial charge in [0.05, 0.1) is 6.54 Å². The topological polar surface area (TPSA) is 64.4 Å². The number of halogens is 1. The zero-order valence-electron chi connectivity index (χ0n) is 11.6. The van der Waals surface area contributed by atoms with E-state index in [0.717, 1.165) is 25.0 Å². The predicted octanol–water partition coefficient (Wildman–Crippen LogP) is 1.98. The molecule has 1 aliphatic carbocycles. The van der Waals surface area contributed by atoms with Crippen LogP contribution < -0.4 is 15.8 Å². The largest absolute Gasteiger partial charge is 0.492 e. The van der Waals surface area contributed by atoms with Crippen LogP contribution in [0, 0.1) is 11.8 Å². The fourth-order valence-electron chi connectivity index (χ4n) is 2.66. The van der Waals surface area contributed by atoms with Gasteiger partial charge in [0, 0.05) is 5.92 Å². The molecule has 2 atom stereocenters. The number of ether oxygens (including phenoxy) is 1. The first-order valence-corrected chi connectivity index (χ1v) is 6.97. The Morgan fingerprint density at radius 1 is 1.30 bits per heavy atom. The van der Waals surface area contributed by atoms with Crippen LogP contribution in [-0.2, 0) is 4.79 Å². The number of rotatable bonds is 6. The lowest BCUT2D eigenvalue weighted by molar-refractivity contribution is -0.126. The summed E-state index contributed by atoms with van der Waals surface area (Å²) in [5.41, 5.74) is 5.69. The minimum absolute atomic E-state index is 0. The minimum Gasteiger partial charge on any atom is -0.492 e. The third-order valence-electron chi connectivity index (χ3n) is 3.71. The van der Waals surface area contributed by atoms with E-state index in [9.17, 15) is 4.79 Å². The molecule has 1 aromatic rings. The molecular weight excluding hydrogens is 276 g/mol. The van der Waals surface area contributed by atoms with Crippen LogP contribution in [0.25, 0.3) is 0 Å². The van der Waals surface area contributed by atoms with Gasteiger partial charge in [0.1, 0.15) is 12.4 Å². The maximum atomic E-state index is 12.0. The fourth-order valence-corrected chi connectivity index (χ4v) is 2.66. The summed E-state index contributed by atoms with van der Waals surface area (Å²) in [6.45, 7) is 1.65. The smallest absolute Gasteiger partial charge is 0.223 e. The van der Waals surface area contributed by atoms with E-state index in [2.05, 4.69) is 5.32 Å². The zero-order valence-corrected chi connectivity index (χ0v) is 12.4. The molecule has 5 heteroatoms. The first-order valence-electron chi connectivity index (χ1n) is 6.97. The lowest BCUT2D eigenvalue weighted by atomic mass is 9.95. The molecule has 112 valence electrons. The Kier molecular flexibility index (Phi) is 7.41. The van der Waals surface area contributed by atoms with Crippen molar-refractivity contribution >= 4 is 18.3 Å². The Morgan fingerprint density at radius 3 is 2.75 bits per heavy atom. The van der Waals surface area contributed by atoms with Crippen molar-refractivity contribution in [1.82, 2.24) is 5.32 Å². The zero-order chi connectivity index (χ0) is 13.5. The van der Waals surface area contributed by atoms with Crippen molar-refractivity contribution in [3.8, 4) is 5.75 Å². The van der Waals surface area contributed by atoms with E-state index in [0.29, 0.717) is 25.6 Å². The van der Waals surface area contributed by atoms with Crippen molar-refractivity contribution in [2.75, 3.05) is 19.7 Å². The molecule has 0 radical (unpaired) electrons. The molecular formula is C15H23ClN2O2. The standard InChI is InChI=1S/C15H22N2O2.ClH/c16-11-12-5-4-8-14(12)15(18)17-9-10-19-13-6-2-1-3-7-13;/h1-3,6-7,12,14H,4-5,8-11,16H2,(H,17,18);1H/t12-,14-;/m1./s1. The van der Waals surface area contributed by atoms with Crippen LogP contribution in [0.1, 0.15) is 19.3 Å². The second kappa shape index (κ2) is 8.82. The average Bonchev–Trinajstić information content (AvgIpc) is 2.93. The maximum absolute atomic E-state index is 12.0. The molecule has 1 aromatic carbocycles. The van der Waals surface area contributed by atoms with Gasteiger partial charge < -0.3 is 15.8 Å². The van der Waals surface area contributed by atoms with Crippen LogP contribution in [0.3, 0.4) is 0 Å². The number of nitrogens with two attached hydrogens (primary N) is 1. The highest BCUT2D eigenvalue weighted by Crippen LogP contribution is 2.30. The van der Waals surface area contributed by atoms with E-state index in [-0.39, 0.29) is 24.2 Å². The molecule has 0 spiro atoms. The Balaban J connectivity index is 0.00000200. The number of para-hydroxylation sites is 1. The van der Waals surface area contributed by atoms with Gasteiger partial charge in [0.25, 0.3) is 0 Å². The second-order valence-corrected chi connectivity index (χ2v) is 4.99. The molecule has 0 heterocycles. The molecule has 1 fully saturated rings. The summed E-state index contributed by atoms with van der Waals surface area (Å²) in [5.74, 6) is 1.42. The van der Waals surface area contributed by atoms with E-state index < -0.39 is 0 Å². The van der Waals surface area contributed by atoms with Gasteiger partial charge in [0.2, 0.25) is 5.91 Å². The van der Waals surface area contributed by atoms with Gasteiger partial charge in [-0.3, -0.25) is 4.79 Å². The highest BCUT2D eigenvalue weighted by Gasteiger charge is 2.31. The lowest BCUT2D eigenvalue weighted by Crippen LogP contribution is -2.37. The highest BCUT2D eigenvalue weighted by molar-refractivity contribution is 5.85. The lowest BCUT2D eigenvalue weighted by Gasteiger charge is -2.17. The Morgan fingerprint density at radius 2 is 2.05 bits per heavy atom. The van der Waals surface area contributed by atoms with Gasteiger partial charge in [0.15, 0.2) is 0 Å². The highest BCUT2D eigenvalue weighted by atomic mass is 35.5. The Labute approximate surface area is 126 Å². The van der Waals surface area contributed by atoms with Gasteiger partial charge in [-0.15, -0.1) is 12.4 Å². The van der Waals surface area contributed by atoms with Crippen molar-refractivity contribution in [3.05, 3.63) is 30.3 Å². The van der Waals surface area contributed by atoms with Gasteiger partial charge >= 0.3 is 0 Å². The normalized spacial score (nSPS) is 21.1. The molecule has 1 amide bonds. The SMILES string of the molecule is Cl.NC[C@H]1CCC[C@H]1C(=O)NCCOc1ccccc1. The van der Waals surface area contributed by atoms with Crippen LogP contribution in [0.4, 0.5) is 0 Å². The maximum Gasteiger partial charge on any atom is 0.223 e. The average molecular weight is 299 g/mol. The van der Waals surface area contributed by atoms with E-state index in [1.54, 1.807) is 0 Å². The number of amides is 1. The van der Waals surface area contributed by atoms with Crippen LogP contribution in [-0.4, -0.2) is 25.6 Å². The number of nitrogens with one attached hydrogen (secondary N) is 1. The number of carbonyl (C=O) groups is 1. The van der Waals surface area contributed by atoms with Crippen LogP contribution in [0.15, 0.2) is 30.3 Å². The molecule has 0 aromatic heterocycles. The summed E-state index contributed by atoms with van der Waals surface area (Å²) in [6, 6.07) is 9.62. The molecule has 0 unspecified atom stereocenters. The molecule has 1 aliphatic rings. The van der Waals surface area contributed by atoms with E-state index in [1.807, 2.05) is 30.3 Å². The van der Waals surface area contributed by atoms with E-state index in [4.69, 9.17) is 10.5 Å². The number of hydrogen-bond acceptors (Lipinski definition) is 3. The summed E-state index contributed by atoms with van der Waals surface area (Å²) >= 11 is 0. The molecule has 0 bridgehead atoms. The summed E-state index contributed by atoms with van der Waals surface area (Å²) in [6.07, 6.45) is 3.16. The summed E-state index contributed by atoms with van der Waals surface area (Å²) in [5, 5.41) is 2.94. The predicted molar refractivity (Wildman–Crippen MR) is 82.1 cm³/mol. The minimum atomic E-state index is 0. The van der Waals surface area contributed by atoms with Crippen molar-refractivity contribution in [3.63, 3.8) is 0 Å². The molecule has 3 N–H and O–H groups in total. The summed E-state index contributed by atoms with van der Waals surface area (Å²) in [7, 11) is 0. The quantitative estimate of drug-likeness (QED) is 0.789. The van der Waals surface area contributed by atoms with Gasteiger partial charge in [-0.25, -0.2) is 0 Å². The Bertz CT molecular complexity index is 400. The molecule has 0 saturated heterocycles. The van der Waals surface area contributed by atoms with Crippen molar-refractivity contribution in [2.24, 2.45) is 17.6 Å². The molecule has 2 rings (SSSR count). The monoisotopic (exact) mass is 298 g/mol. The number of carbonyl (C=O) groups excluding carboxylic acids is 1. The third kappa shape index (κ3) is 4.69. The molecule has 4 nitrogen and oxygen atoms in total. The van der Waals surface area contributed by atoms with Gasteiger partial charge in [-0.2, -0.15) is 0 Å². The number of benzene rings is 1. The van der Waals surface area contributed by atoms with Crippen LogP contribution >= 0.6 is 12.4 Å². The van der Waals surface area contributed by atoms with Crippen molar-refractivity contribution in [1.29, 1.82) is 0 Å². The number of hydrogen-bond donors (Lipinski definition) is 2. The molecule has 20 heavy (non-hydrogen) atoms. The van der Waals surface area contributed by atoms with E-state index in [1.165, 1.54) is 0 Å². The molecule has 0 aliphatic heterocycles. The third-order valence-corrected chi connectivity index (χ3v) is 3.71. The second-order valence-electron chi connectivity index (χ2n) is 4.99. The van der Waals surface area contributed by atoms with Crippen LogP contribution in [0.5, 0.6) is 5.75 Å². The van der Waals surface area contributed by atoms with Gasteiger partial charge in [-0.1, -0.05) is 24.6 Å². The fraction of sp³-hybridized carbons (Fsp3) is 0.533.